The number of carboxylic acids is 1. The predicted octanol–water partition coefficient (Wildman–Crippen LogP) is 2.88. The topological polar surface area (TPSA) is 107 Å². The molecule has 0 aromatic heterocycles. The first-order chi connectivity index (χ1) is 16.0. The van der Waals surface area contributed by atoms with E-state index in [0.717, 1.165) is 11.1 Å². The number of aliphatic carboxylic acids is 1. The molecule has 8 nitrogen and oxygen atoms in total. The van der Waals surface area contributed by atoms with Crippen LogP contribution >= 0.6 is 0 Å². The largest absolute Gasteiger partial charge is 0.479 e. The van der Waals surface area contributed by atoms with Crippen molar-refractivity contribution < 1.29 is 24.3 Å². The molecule has 33 heavy (non-hydrogen) atoms. The second kappa shape index (κ2) is 9.85. The highest BCUT2D eigenvalue weighted by Crippen LogP contribution is 2.30. The van der Waals surface area contributed by atoms with Gasteiger partial charge in [-0.25, -0.2) is 9.59 Å². The Hall–Kier alpha value is -3.68. The number of nitrogens with one attached hydrogen (secondary N) is 1. The van der Waals surface area contributed by atoms with Gasteiger partial charge in [-0.15, -0.1) is 0 Å². The van der Waals surface area contributed by atoms with E-state index in [1.54, 1.807) is 35.2 Å². The minimum Gasteiger partial charge on any atom is -0.479 e. The van der Waals surface area contributed by atoms with Gasteiger partial charge in [0.05, 0.1) is 0 Å². The summed E-state index contributed by atoms with van der Waals surface area (Å²) in [5, 5.41) is 12.0. The molecule has 0 saturated carbocycles. The van der Waals surface area contributed by atoms with Gasteiger partial charge < -0.3 is 15.3 Å². The molecule has 0 unspecified atom stereocenters. The van der Waals surface area contributed by atoms with Crippen molar-refractivity contribution in [3.05, 3.63) is 71.3 Å². The van der Waals surface area contributed by atoms with Crippen molar-refractivity contribution in [2.75, 3.05) is 6.54 Å². The Morgan fingerprint density at radius 2 is 1.67 bits per heavy atom. The van der Waals surface area contributed by atoms with Crippen molar-refractivity contribution in [2.24, 2.45) is 0 Å². The van der Waals surface area contributed by atoms with Crippen LogP contribution in [0.25, 0.3) is 0 Å². The number of benzene rings is 2. The number of urea groups is 1. The fourth-order valence-electron chi connectivity index (χ4n) is 4.48. The molecule has 2 aliphatic rings. The van der Waals surface area contributed by atoms with Crippen LogP contribution in [0.3, 0.4) is 0 Å². The van der Waals surface area contributed by atoms with Gasteiger partial charge in [0.15, 0.2) is 6.04 Å². The van der Waals surface area contributed by atoms with E-state index >= 15 is 0 Å². The van der Waals surface area contributed by atoms with Gasteiger partial charge in [-0.1, -0.05) is 61.0 Å². The summed E-state index contributed by atoms with van der Waals surface area (Å²) in [6, 6.07) is 14.7. The Morgan fingerprint density at radius 3 is 2.39 bits per heavy atom. The Kier molecular flexibility index (Phi) is 6.72. The normalized spacial score (nSPS) is 18.0. The van der Waals surface area contributed by atoms with E-state index < -0.39 is 18.1 Å². The van der Waals surface area contributed by atoms with E-state index in [1.807, 2.05) is 24.3 Å². The maximum Gasteiger partial charge on any atom is 0.330 e. The first kappa shape index (κ1) is 22.5. The third-order valence-electron chi connectivity index (χ3n) is 6.25. The second-order valence-corrected chi connectivity index (χ2v) is 8.45. The van der Waals surface area contributed by atoms with E-state index in [1.165, 1.54) is 4.90 Å². The fourth-order valence-corrected chi connectivity index (χ4v) is 4.48. The summed E-state index contributed by atoms with van der Waals surface area (Å²) >= 11 is 0. The van der Waals surface area contributed by atoms with E-state index in [-0.39, 0.29) is 24.3 Å². The summed E-state index contributed by atoms with van der Waals surface area (Å²) in [5.41, 5.74) is 2.71. The number of nitrogens with zero attached hydrogens (tertiary/aromatic N) is 2. The smallest absolute Gasteiger partial charge is 0.330 e. The molecule has 2 aromatic rings. The molecule has 0 radical (unpaired) electrons. The number of carboxylic acid groups (broad SMARTS) is 1. The molecule has 0 bridgehead atoms. The van der Waals surface area contributed by atoms with Crippen LogP contribution in [0.5, 0.6) is 0 Å². The fraction of sp³-hybridized carbons (Fsp3) is 0.360. The molecule has 1 saturated heterocycles. The molecule has 4 amide bonds. The summed E-state index contributed by atoms with van der Waals surface area (Å²) in [6.07, 6.45) is 2.52. The molecule has 2 heterocycles. The SMILES string of the molecule is O=C(CCCCCN1C(=O)[C@@H]2Cc3ccccc3CN2C1=O)N[C@H](C(=O)O)c1ccccc1. The second-order valence-electron chi connectivity index (χ2n) is 8.45. The lowest BCUT2D eigenvalue weighted by atomic mass is 9.95. The number of imide groups is 1. The quantitative estimate of drug-likeness (QED) is 0.452. The Balaban J connectivity index is 1.22. The highest BCUT2D eigenvalue weighted by molar-refractivity contribution is 6.04. The average molecular weight is 450 g/mol. The summed E-state index contributed by atoms with van der Waals surface area (Å²) in [4.78, 5) is 52.3. The summed E-state index contributed by atoms with van der Waals surface area (Å²) < 4.78 is 0. The van der Waals surface area contributed by atoms with Crippen LogP contribution < -0.4 is 5.32 Å². The van der Waals surface area contributed by atoms with Gasteiger partial charge in [0.2, 0.25) is 5.91 Å². The number of rotatable bonds is 9. The van der Waals surface area contributed by atoms with Gasteiger partial charge in [-0.05, 0) is 29.5 Å². The van der Waals surface area contributed by atoms with Crippen LogP contribution in [0, 0.1) is 0 Å². The van der Waals surface area contributed by atoms with Crippen molar-refractivity contribution in [3.8, 4) is 0 Å². The number of hydrogen-bond acceptors (Lipinski definition) is 4. The Bertz CT molecular complexity index is 1010. The molecule has 8 heteroatoms. The highest BCUT2D eigenvalue weighted by Gasteiger charge is 2.46. The van der Waals surface area contributed by atoms with E-state index in [4.69, 9.17) is 0 Å². The molecular weight excluding hydrogens is 422 g/mol. The monoisotopic (exact) mass is 449 g/mol. The number of carbonyl (C=O) groups is 4. The third kappa shape index (κ3) is 4.89. The standard InChI is InChI=1S/C25H27N3O5/c29-21(26-22(24(31)32)17-9-3-1-4-10-17)13-5-2-8-14-27-23(30)20-15-18-11-6-7-12-19(18)16-28(20)25(27)33/h1,3-4,6-7,9-12,20,22H,2,5,8,13-16H2,(H,26,29)(H,31,32)/t20-,22-/m0/s1. The number of amides is 4. The minimum absolute atomic E-state index is 0.153. The van der Waals surface area contributed by atoms with Crippen molar-refractivity contribution in [2.45, 2.75) is 50.7 Å². The van der Waals surface area contributed by atoms with Crippen molar-refractivity contribution in [1.82, 2.24) is 15.1 Å². The Labute approximate surface area is 192 Å². The molecular formula is C25H27N3O5. The summed E-state index contributed by atoms with van der Waals surface area (Å²) in [5.74, 6) is -1.60. The molecule has 2 aromatic carbocycles. The lowest BCUT2D eigenvalue weighted by Crippen LogP contribution is -2.39. The zero-order valence-electron chi connectivity index (χ0n) is 18.3. The van der Waals surface area contributed by atoms with Gasteiger partial charge in [-0.2, -0.15) is 0 Å². The van der Waals surface area contributed by atoms with Crippen LogP contribution in [-0.4, -0.2) is 51.3 Å². The van der Waals surface area contributed by atoms with Crippen LogP contribution in [0.4, 0.5) is 4.79 Å². The Morgan fingerprint density at radius 1 is 0.970 bits per heavy atom. The van der Waals surface area contributed by atoms with Crippen molar-refractivity contribution in [3.63, 3.8) is 0 Å². The zero-order valence-corrected chi connectivity index (χ0v) is 18.3. The van der Waals surface area contributed by atoms with Gasteiger partial charge in [0, 0.05) is 25.9 Å². The number of unbranched alkanes of at least 4 members (excludes halogenated alkanes) is 2. The molecule has 0 spiro atoms. The van der Waals surface area contributed by atoms with Gasteiger partial charge in [0.1, 0.15) is 6.04 Å². The number of carbonyl (C=O) groups excluding carboxylic acids is 3. The van der Waals surface area contributed by atoms with Gasteiger partial charge >= 0.3 is 12.0 Å². The molecule has 2 N–H and O–H groups in total. The molecule has 2 atom stereocenters. The molecule has 1 fully saturated rings. The van der Waals surface area contributed by atoms with E-state index in [2.05, 4.69) is 5.32 Å². The van der Waals surface area contributed by atoms with Gasteiger partial charge in [-0.3, -0.25) is 14.5 Å². The third-order valence-corrected chi connectivity index (χ3v) is 6.25. The molecule has 172 valence electrons. The van der Waals surface area contributed by atoms with Crippen molar-refractivity contribution >= 4 is 23.8 Å². The maximum absolute atomic E-state index is 12.8. The van der Waals surface area contributed by atoms with Crippen molar-refractivity contribution in [1.29, 1.82) is 0 Å². The first-order valence-electron chi connectivity index (χ1n) is 11.2. The van der Waals surface area contributed by atoms with Gasteiger partial charge in [0.25, 0.3) is 5.91 Å². The predicted molar refractivity (Wildman–Crippen MR) is 120 cm³/mol. The van der Waals surface area contributed by atoms with E-state index in [0.29, 0.717) is 44.3 Å². The number of fused-ring (bicyclic) bond motifs is 2. The first-order valence-corrected chi connectivity index (χ1v) is 11.2. The lowest BCUT2D eigenvalue weighted by molar-refractivity contribution is -0.142. The summed E-state index contributed by atoms with van der Waals surface area (Å²) in [7, 11) is 0. The molecule has 4 rings (SSSR count). The average Bonchev–Trinajstić information content (AvgIpc) is 3.05. The zero-order chi connectivity index (χ0) is 23.4. The number of hydrogen-bond donors (Lipinski definition) is 2. The summed E-state index contributed by atoms with van der Waals surface area (Å²) in [6.45, 7) is 0.776. The maximum atomic E-state index is 12.8. The van der Waals surface area contributed by atoms with Crippen LogP contribution in [0.2, 0.25) is 0 Å². The lowest BCUT2D eigenvalue weighted by Gasteiger charge is -2.28. The highest BCUT2D eigenvalue weighted by atomic mass is 16.4. The molecule has 0 aliphatic carbocycles. The minimum atomic E-state index is -1.11. The van der Waals surface area contributed by atoms with Crippen LogP contribution in [0.15, 0.2) is 54.6 Å². The van der Waals surface area contributed by atoms with Crippen LogP contribution in [-0.2, 0) is 27.3 Å². The van der Waals surface area contributed by atoms with E-state index in [9.17, 15) is 24.3 Å². The van der Waals surface area contributed by atoms with Crippen LogP contribution in [0.1, 0.15) is 48.4 Å². The molecule has 2 aliphatic heterocycles.